The Balaban J connectivity index is 2.00. The Morgan fingerprint density at radius 2 is 1.76 bits per heavy atom. The Morgan fingerprint density at radius 1 is 1.03 bits per heavy atom. The van der Waals surface area contributed by atoms with Crippen molar-refractivity contribution in [2.24, 2.45) is 0 Å². The largest absolute Gasteiger partial charge is 0.416 e. The summed E-state index contributed by atoms with van der Waals surface area (Å²) in [6.07, 6.45) is -4.46. The molecule has 153 valence electrons. The topological polar surface area (TPSA) is 75.9 Å². The van der Waals surface area contributed by atoms with E-state index in [2.05, 4.69) is 26.7 Å². The highest BCUT2D eigenvalue weighted by Gasteiger charge is 2.31. The van der Waals surface area contributed by atoms with Gasteiger partial charge in [-0.3, -0.25) is 0 Å². The summed E-state index contributed by atoms with van der Waals surface area (Å²) < 4.78 is 39.4. The zero-order valence-electron chi connectivity index (χ0n) is 16.6. The molecule has 2 aromatic carbocycles. The van der Waals surface area contributed by atoms with E-state index in [0.717, 1.165) is 23.2 Å². The van der Waals surface area contributed by atoms with Crippen LogP contribution in [0.25, 0.3) is 10.9 Å². The van der Waals surface area contributed by atoms with Crippen molar-refractivity contribution in [3.8, 4) is 0 Å². The molecule has 0 aliphatic carbocycles. The number of fused-ring (bicyclic) bond motifs is 1. The predicted octanol–water partition coefficient (Wildman–Crippen LogP) is 5.33. The Morgan fingerprint density at radius 3 is 2.41 bits per heavy atom. The lowest BCUT2D eigenvalue weighted by Crippen LogP contribution is -2.13. The van der Waals surface area contributed by atoms with Crippen LogP contribution in [0, 0.1) is 13.0 Å². The minimum atomic E-state index is -4.46. The summed E-state index contributed by atoms with van der Waals surface area (Å²) in [5, 5.41) is 7.24. The second kappa shape index (κ2) is 7.77. The molecule has 0 fully saturated rings. The first kappa shape index (κ1) is 20.7. The third-order valence-corrected chi connectivity index (χ3v) is 4.34. The molecule has 3 rings (SSSR count). The van der Waals surface area contributed by atoms with Crippen molar-refractivity contribution in [3.05, 3.63) is 53.3 Å². The number of hydrogen-bond donors (Lipinski definition) is 3. The third-order valence-electron chi connectivity index (χ3n) is 4.34. The van der Waals surface area contributed by atoms with E-state index in [-0.39, 0.29) is 11.7 Å². The van der Waals surface area contributed by atoms with Gasteiger partial charge in [-0.1, -0.05) is 0 Å². The van der Waals surface area contributed by atoms with Crippen LogP contribution in [0.2, 0.25) is 0 Å². The van der Waals surface area contributed by atoms with Gasteiger partial charge in [-0.25, -0.2) is 9.97 Å². The van der Waals surface area contributed by atoms with Gasteiger partial charge < -0.3 is 16.4 Å². The number of aryl methyl sites for hydroxylation is 1. The molecule has 3 aromatic rings. The summed E-state index contributed by atoms with van der Waals surface area (Å²) in [7, 11) is 0. The molecule has 0 aliphatic heterocycles. The number of alkyl halides is 3. The minimum absolute atomic E-state index is 0.0604. The van der Waals surface area contributed by atoms with Crippen molar-refractivity contribution < 1.29 is 13.2 Å². The van der Waals surface area contributed by atoms with Crippen LogP contribution in [-0.2, 0) is 6.18 Å². The highest BCUT2D eigenvalue weighted by atomic mass is 19.4. The van der Waals surface area contributed by atoms with E-state index in [1.54, 1.807) is 19.9 Å². The number of nitrogens with zero attached hydrogens (tertiary/aromatic N) is 2. The average Bonchev–Trinajstić information content (AvgIpc) is 2.60. The lowest BCUT2D eigenvalue weighted by atomic mass is 10.0. The Kier molecular flexibility index (Phi) is 5.55. The first-order chi connectivity index (χ1) is 13.5. The molecule has 5 nitrogen and oxygen atoms in total. The molecule has 0 saturated carbocycles. The first-order valence-electron chi connectivity index (χ1n) is 9.23. The number of aromatic nitrogens is 2. The fourth-order valence-corrected chi connectivity index (χ4v) is 3.07. The standard InChI is InChI=1S/C21H23F3N5/c1-11(2)26-17-5-6-19-18(10-17)20(29-13(4)28-19)27-12(3)14-7-15(21(22,23)24)9-16(25)8-14/h6-12,26H,25H2,1-4H3,(H,27,28,29)/t12-/m1/s1. The van der Waals surface area contributed by atoms with Crippen LogP contribution in [0.15, 0.2) is 30.3 Å². The molecule has 29 heavy (non-hydrogen) atoms. The maximum absolute atomic E-state index is 13.1. The van der Waals surface area contributed by atoms with E-state index in [9.17, 15) is 13.2 Å². The number of nitrogens with one attached hydrogen (secondary N) is 2. The first-order valence-corrected chi connectivity index (χ1v) is 9.23. The van der Waals surface area contributed by atoms with Crippen LogP contribution < -0.4 is 16.4 Å². The van der Waals surface area contributed by atoms with Gasteiger partial charge in [-0.05, 0) is 63.6 Å². The van der Waals surface area contributed by atoms with Gasteiger partial charge in [0.05, 0.1) is 17.1 Å². The molecule has 0 aliphatic rings. The molecule has 0 bridgehead atoms. The summed E-state index contributed by atoms with van der Waals surface area (Å²) in [4.78, 5) is 8.88. The number of benzene rings is 2. The lowest BCUT2D eigenvalue weighted by Gasteiger charge is -2.19. The van der Waals surface area contributed by atoms with Crippen LogP contribution in [0.4, 0.5) is 30.4 Å². The smallest absolute Gasteiger partial charge is 0.399 e. The molecule has 1 radical (unpaired) electrons. The van der Waals surface area contributed by atoms with Gasteiger partial charge in [-0.2, -0.15) is 13.2 Å². The zero-order chi connectivity index (χ0) is 21.3. The lowest BCUT2D eigenvalue weighted by molar-refractivity contribution is -0.137. The minimum Gasteiger partial charge on any atom is -0.399 e. The fourth-order valence-electron chi connectivity index (χ4n) is 3.07. The second-order valence-electron chi connectivity index (χ2n) is 7.32. The van der Waals surface area contributed by atoms with Crippen molar-refractivity contribution in [2.75, 3.05) is 16.4 Å². The summed E-state index contributed by atoms with van der Waals surface area (Å²) >= 11 is 0. The van der Waals surface area contributed by atoms with Crippen molar-refractivity contribution in [3.63, 3.8) is 0 Å². The van der Waals surface area contributed by atoms with E-state index >= 15 is 0 Å². The van der Waals surface area contributed by atoms with Crippen LogP contribution in [0.1, 0.15) is 43.8 Å². The highest BCUT2D eigenvalue weighted by Crippen LogP contribution is 2.34. The molecule has 0 unspecified atom stereocenters. The van der Waals surface area contributed by atoms with E-state index in [1.165, 1.54) is 6.07 Å². The molecule has 1 heterocycles. The number of halogens is 3. The molecule has 0 spiro atoms. The molecule has 1 atom stereocenters. The van der Waals surface area contributed by atoms with Crippen molar-refractivity contribution in [1.29, 1.82) is 0 Å². The van der Waals surface area contributed by atoms with E-state index < -0.39 is 17.8 Å². The molecule has 0 saturated heterocycles. The summed E-state index contributed by atoms with van der Waals surface area (Å²) in [5.74, 6) is 1.09. The van der Waals surface area contributed by atoms with Gasteiger partial charge in [0.15, 0.2) is 0 Å². The van der Waals surface area contributed by atoms with Crippen molar-refractivity contribution in [1.82, 2.24) is 9.97 Å². The molecular formula is C21H23F3N5. The number of hydrogen-bond acceptors (Lipinski definition) is 5. The normalized spacial score (nSPS) is 13.0. The van der Waals surface area contributed by atoms with Gasteiger partial charge in [0.1, 0.15) is 11.6 Å². The van der Waals surface area contributed by atoms with E-state index in [1.807, 2.05) is 19.9 Å². The predicted molar refractivity (Wildman–Crippen MR) is 110 cm³/mol. The number of nitrogens with two attached hydrogens (primary N) is 1. The van der Waals surface area contributed by atoms with Crippen LogP contribution in [-0.4, -0.2) is 16.0 Å². The summed E-state index contributed by atoms with van der Waals surface area (Å²) in [6, 6.07) is 10.1. The Hall–Kier alpha value is -3.03. The molecular weight excluding hydrogens is 379 g/mol. The fraction of sp³-hybridized carbons (Fsp3) is 0.333. The van der Waals surface area contributed by atoms with Gasteiger partial charge in [0.2, 0.25) is 0 Å². The zero-order valence-corrected chi connectivity index (χ0v) is 16.6. The van der Waals surface area contributed by atoms with Crippen LogP contribution >= 0.6 is 0 Å². The number of rotatable bonds is 5. The third kappa shape index (κ3) is 4.88. The van der Waals surface area contributed by atoms with Crippen LogP contribution in [0.3, 0.4) is 0 Å². The van der Waals surface area contributed by atoms with E-state index in [4.69, 9.17) is 5.73 Å². The molecule has 0 amide bonds. The average molecular weight is 402 g/mol. The second-order valence-corrected chi connectivity index (χ2v) is 7.32. The van der Waals surface area contributed by atoms with Crippen molar-refractivity contribution >= 4 is 28.1 Å². The van der Waals surface area contributed by atoms with Crippen molar-refractivity contribution in [2.45, 2.75) is 46.0 Å². The number of nitrogen functional groups attached to an aromatic ring is 1. The van der Waals surface area contributed by atoms with Gasteiger partial charge >= 0.3 is 6.18 Å². The van der Waals surface area contributed by atoms with Gasteiger partial charge in [0.25, 0.3) is 0 Å². The SMILES string of the molecule is Cc1nc(N[C@H](C)c2cc(N)cc(C(F)(F)F)c2)c2cc(NC(C)C)[c]cc2n1. The quantitative estimate of drug-likeness (QED) is 0.503. The maximum atomic E-state index is 13.1. The monoisotopic (exact) mass is 402 g/mol. The number of anilines is 3. The summed E-state index contributed by atoms with van der Waals surface area (Å²) in [6.45, 7) is 7.56. The summed E-state index contributed by atoms with van der Waals surface area (Å²) in [5.41, 5.74) is 6.90. The maximum Gasteiger partial charge on any atom is 0.416 e. The van der Waals surface area contributed by atoms with E-state index in [0.29, 0.717) is 22.7 Å². The molecule has 1 aromatic heterocycles. The molecule has 4 N–H and O–H groups in total. The highest BCUT2D eigenvalue weighted by molar-refractivity contribution is 5.91. The Bertz CT molecular complexity index is 1030. The van der Waals surface area contributed by atoms with Crippen LogP contribution in [0.5, 0.6) is 0 Å². The molecule has 8 heteroatoms. The Labute approximate surface area is 167 Å². The van der Waals surface area contributed by atoms with Gasteiger partial charge in [-0.15, -0.1) is 0 Å². The van der Waals surface area contributed by atoms with Gasteiger partial charge in [0, 0.05) is 28.9 Å².